The Morgan fingerprint density at radius 1 is 1.07 bits per heavy atom. The van der Waals surface area contributed by atoms with E-state index in [-0.39, 0.29) is 5.56 Å². The molecule has 0 bridgehead atoms. The monoisotopic (exact) mass is 419 g/mol. The number of methoxy groups -OCH3 is 1. The summed E-state index contributed by atoms with van der Waals surface area (Å²) < 4.78 is 6.71. The lowest BCUT2D eigenvalue weighted by atomic mass is 10.1. The Hall–Kier alpha value is -3.52. The van der Waals surface area contributed by atoms with Gasteiger partial charge in [-0.05, 0) is 68.3 Å². The zero-order chi connectivity index (χ0) is 21.3. The van der Waals surface area contributed by atoms with Gasteiger partial charge in [-0.2, -0.15) is 0 Å². The van der Waals surface area contributed by atoms with Crippen molar-refractivity contribution in [1.29, 1.82) is 0 Å². The highest BCUT2D eigenvalue weighted by atomic mass is 32.1. The molecule has 152 valence electrons. The molecule has 30 heavy (non-hydrogen) atoms. The number of H-pyrrole nitrogens is 1. The molecule has 0 saturated carbocycles. The Balaban J connectivity index is 1.60. The average molecular weight is 420 g/mol. The maximum absolute atomic E-state index is 12.9. The summed E-state index contributed by atoms with van der Waals surface area (Å²) in [5, 5.41) is 12.7. The van der Waals surface area contributed by atoms with E-state index in [0.29, 0.717) is 10.7 Å². The molecule has 8 heteroatoms. The van der Waals surface area contributed by atoms with Crippen LogP contribution in [0.5, 0.6) is 5.75 Å². The molecule has 7 nitrogen and oxygen atoms in total. The lowest BCUT2D eigenvalue weighted by Gasteiger charge is -2.05. The third kappa shape index (κ3) is 3.81. The van der Waals surface area contributed by atoms with Crippen molar-refractivity contribution < 1.29 is 4.74 Å². The third-order valence-electron chi connectivity index (χ3n) is 4.92. The van der Waals surface area contributed by atoms with Crippen molar-refractivity contribution in [2.45, 2.75) is 20.8 Å². The second kappa shape index (κ2) is 8.08. The molecular formula is C22H21N5O2S. The number of benzene rings is 2. The first kappa shape index (κ1) is 19.8. The molecule has 0 unspecified atom stereocenters. The molecule has 2 aromatic carbocycles. The second-order valence-corrected chi connectivity index (χ2v) is 7.89. The molecule has 4 rings (SSSR count). The summed E-state index contributed by atoms with van der Waals surface area (Å²) in [5.41, 5.74) is 5.12. The summed E-state index contributed by atoms with van der Waals surface area (Å²) in [6.07, 6.45) is 1.55. The first-order valence-electron chi connectivity index (χ1n) is 9.37. The zero-order valence-corrected chi connectivity index (χ0v) is 17.9. The van der Waals surface area contributed by atoms with Crippen LogP contribution in [0.3, 0.4) is 0 Å². The Labute approximate surface area is 177 Å². The smallest absolute Gasteiger partial charge is 0.280 e. The fraction of sp³-hybridized carbons (Fsp3) is 0.182. The molecule has 0 aliphatic carbocycles. The van der Waals surface area contributed by atoms with Crippen LogP contribution in [0.25, 0.3) is 16.3 Å². The second-order valence-electron chi connectivity index (χ2n) is 6.94. The largest absolute Gasteiger partial charge is 0.497 e. The number of ether oxygens (including phenoxy) is 1. The van der Waals surface area contributed by atoms with Gasteiger partial charge in [-0.1, -0.05) is 17.4 Å². The number of aromatic nitrogens is 4. The van der Waals surface area contributed by atoms with E-state index in [9.17, 15) is 4.79 Å². The van der Waals surface area contributed by atoms with Gasteiger partial charge in [0.05, 0.1) is 18.4 Å². The van der Waals surface area contributed by atoms with Crippen molar-refractivity contribution in [2.75, 3.05) is 7.11 Å². The fourth-order valence-corrected chi connectivity index (χ4v) is 3.69. The van der Waals surface area contributed by atoms with Crippen LogP contribution in [-0.4, -0.2) is 33.3 Å². The van der Waals surface area contributed by atoms with Crippen molar-refractivity contribution >= 4 is 22.7 Å². The van der Waals surface area contributed by atoms with Crippen molar-refractivity contribution in [2.24, 2.45) is 4.99 Å². The van der Waals surface area contributed by atoms with E-state index in [4.69, 9.17) is 4.74 Å². The van der Waals surface area contributed by atoms with Gasteiger partial charge in [-0.3, -0.25) is 9.89 Å². The molecule has 0 radical (unpaired) electrons. The molecule has 1 N–H and O–H groups in total. The minimum Gasteiger partial charge on any atom is -0.497 e. The highest BCUT2D eigenvalue weighted by Gasteiger charge is 2.12. The third-order valence-corrected chi connectivity index (χ3v) is 5.80. The topological polar surface area (TPSA) is 85.2 Å². The van der Waals surface area contributed by atoms with Gasteiger partial charge in [-0.15, -0.1) is 10.2 Å². The van der Waals surface area contributed by atoms with Gasteiger partial charge in [0.1, 0.15) is 10.8 Å². The van der Waals surface area contributed by atoms with E-state index < -0.39 is 0 Å². The highest BCUT2D eigenvalue weighted by molar-refractivity contribution is 7.18. The van der Waals surface area contributed by atoms with Crippen molar-refractivity contribution in [3.63, 3.8) is 0 Å². The zero-order valence-electron chi connectivity index (χ0n) is 17.1. The molecule has 4 aromatic rings. The first-order chi connectivity index (χ1) is 14.5. The number of aliphatic imine (C=N–C) groups is 1. The number of nitrogens with zero attached hydrogens (tertiary/aromatic N) is 4. The molecule has 0 aliphatic heterocycles. The fourth-order valence-electron chi connectivity index (χ4n) is 3.00. The van der Waals surface area contributed by atoms with E-state index in [1.807, 2.05) is 63.2 Å². The van der Waals surface area contributed by atoms with E-state index in [0.717, 1.165) is 33.3 Å². The van der Waals surface area contributed by atoms with Gasteiger partial charge < -0.3 is 4.74 Å². The molecule has 0 spiro atoms. The molecule has 0 amide bonds. The SMILES string of the molecule is COc1ccc(-c2nnc(/N=C/c3c(C)[nH]n(-c4ccc(C)c(C)c4)c3=O)s2)cc1. The minimum absolute atomic E-state index is 0.153. The van der Waals surface area contributed by atoms with Crippen molar-refractivity contribution in [3.8, 4) is 22.0 Å². The molecule has 0 aliphatic rings. The van der Waals surface area contributed by atoms with E-state index in [2.05, 4.69) is 20.3 Å². The maximum atomic E-state index is 12.9. The predicted molar refractivity (Wildman–Crippen MR) is 120 cm³/mol. The van der Waals surface area contributed by atoms with E-state index in [1.165, 1.54) is 21.6 Å². The summed E-state index contributed by atoms with van der Waals surface area (Å²) in [4.78, 5) is 17.3. The van der Waals surface area contributed by atoms with Crippen LogP contribution in [0.15, 0.2) is 52.3 Å². The van der Waals surface area contributed by atoms with Crippen molar-refractivity contribution in [3.05, 3.63) is 75.2 Å². The molecule has 0 saturated heterocycles. The number of rotatable bonds is 5. The van der Waals surface area contributed by atoms with Crippen LogP contribution in [0.1, 0.15) is 22.4 Å². The summed E-state index contributed by atoms with van der Waals surface area (Å²) in [6.45, 7) is 5.92. The van der Waals surface area contributed by atoms with E-state index in [1.54, 1.807) is 13.3 Å². The van der Waals surface area contributed by atoms with Crippen LogP contribution in [0.4, 0.5) is 5.13 Å². The Morgan fingerprint density at radius 2 is 1.83 bits per heavy atom. The number of hydrogen-bond donors (Lipinski definition) is 1. The quantitative estimate of drug-likeness (QED) is 0.487. The molecular weight excluding hydrogens is 398 g/mol. The van der Waals surface area contributed by atoms with Crippen LogP contribution in [-0.2, 0) is 0 Å². The van der Waals surface area contributed by atoms with Gasteiger partial charge in [0.25, 0.3) is 5.56 Å². The van der Waals surface area contributed by atoms with Gasteiger partial charge in [0, 0.05) is 17.5 Å². The first-order valence-corrected chi connectivity index (χ1v) is 10.2. The number of nitrogens with one attached hydrogen (secondary N) is 1. The maximum Gasteiger partial charge on any atom is 0.280 e. The Morgan fingerprint density at radius 3 is 2.53 bits per heavy atom. The number of aromatic amines is 1. The van der Waals surface area contributed by atoms with Gasteiger partial charge in [0.2, 0.25) is 5.13 Å². The molecule has 2 heterocycles. The molecule has 0 fully saturated rings. The average Bonchev–Trinajstić information content (AvgIpc) is 3.33. The normalized spacial score (nSPS) is 11.3. The minimum atomic E-state index is -0.153. The lowest BCUT2D eigenvalue weighted by molar-refractivity contribution is 0.415. The summed E-state index contributed by atoms with van der Waals surface area (Å²) in [5.74, 6) is 0.782. The van der Waals surface area contributed by atoms with Crippen LogP contribution in [0, 0.1) is 20.8 Å². The number of hydrogen-bond acceptors (Lipinski definition) is 6. The van der Waals surface area contributed by atoms with Gasteiger partial charge in [0.15, 0.2) is 0 Å². The lowest BCUT2D eigenvalue weighted by Crippen LogP contribution is -2.17. The Kier molecular flexibility index (Phi) is 5.33. The summed E-state index contributed by atoms with van der Waals surface area (Å²) >= 11 is 1.36. The van der Waals surface area contributed by atoms with Crippen LogP contribution >= 0.6 is 11.3 Å². The number of aryl methyl sites for hydroxylation is 3. The van der Waals surface area contributed by atoms with Gasteiger partial charge in [-0.25, -0.2) is 9.67 Å². The van der Waals surface area contributed by atoms with E-state index >= 15 is 0 Å². The van der Waals surface area contributed by atoms with Crippen LogP contribution < -0.4 is 10.3 Å². The van der Waals surface area contributed by atoms with Gasteiger partial charge >= 0.3 is 0 Å². The van der Waals surface area contributed by atoms with Crippen LogP contribution in [0.2, 0.25) is 0 Å². The highest BCUT2D eigenvalue weighted by Crippen LogP contribution is 2.29. The molecule has 2 aromatic heterocycles. The van der Waals surface area contributed by atoms with Crippen molar-refractivity contribution in [1.82, 2.24) is 20.0 Å². The summed E-state index contributed by atoms with van der Waals surface area (Å²) in [6, 6.07) is 13.5. The predicted octanol–water partition coefficient (Wildman–Crippen LogP) is 4.37. The summed E-state index contributed by atoms with van der Waals surface area (Å²) in [7, 11) is 1.63. The Bertz CT molecular complexity index is 1280. The molecule has 0 atom stereocenters. The standard InChI is InChI=1S/C22H21N5O2S/c1-13-5-8-17(11-14(13)2)27-21(28)19(15(3)26-27)12-23-22-25-24-20(30-22)16-6-9-18(29-4)10-7-16/h5-12,26H,1-4H3/b23-12+.